The van der Waals surface area contributed by atoms with Crippen LogP contribution in [-0.4, -0.2) is 39.5 Å². The molecule has 8 heteroatoms. The number of carbonyl (C=O) groups excluding carboxylic acids is 1. The van der Waals surface area contributed by atoms with Crippen LogP contribution in [0.15, 0.2) is 36.4 Å². The molecule has 0 amide bonds. The average molecular weight is 327 g/mol. The molecule has 24 heavy (non-hydrogen) atoms. The molecule has 0 spiro atoms. The van der Waals surface area contributed by atoms with Gasteiger partial charge in [0, 0.05) is 5.56 Å². The molecule has 0 aliphatic heterocycles. The zero-order valence-corrected chi connectivity index (χ0v) is 12.6. The largest absolute Gasteiger partial charge is 0.490 e. The second-order valence-electron chi connectivity index (χ2n) is 5.01. The fourth-order valence-corrected chi connectivity index (χ4v) is 2.47. The number of H-pyrrole nitrogens is 1. The zero-order valence-electron chi connectivity index (χ0n) is 12.6. The lowest BCUT2D eigenvalue weighted by Crippen LogP contribution is -2.03. The molecular weight excluding hydrogens is 314 g/mol. The average Bonchev–Trinajstić information content (AvgIpc) is 3.03. The summed E-state index contributed by atoms with van der Waals surface area (Å²) in [5.74, 6) is 0.0127. The first-order valence-electron chi connectivity index (χ1n) is 7.00. The van der Waals surface area contributed by atoms with Gasteiger partial charge in [0.2, 0.25) is 0 Å². The van der Waals surface area contributed by atoms with Crippen molar-refractivity contribution in [1.82, 2.24) is 9.97 Å². The molecule has 0 saturated heterocycles. The van der Waals surface area contributed by atoms with Gasteiger partial charge in [-0.25, -0.2) is 4.98 Å². The number of hydrogen-bond acceptors (Lipinski definition) is 6. The predicted molar refractivity (Wildman–Crippen MR) is 86.2 cm³/mol. The van der Waals surface area contributed by atoms with Crippen molar-refractivity contribution in [2.75, 3.05) is 13.7 Å². The second-order valence-corrected chi connectivity index (χ2v) is 5.01. The Labute approximate surface area is 135 Å². The summed E-state index contributed by atoms with van der Waals surface area (Å²) in [5.41, 5.74) is 1.52. The molecule has 8 nitrogen and oxygen atoms in total. The molecule has 3 aromatic rings. The molecule has 0 radical (unpaired) electrons. The van der Waals surface area contributed by atoms with Crippen molar-refractivity contribution in [3.8, 4) is 17.1 Å². The molecule has 3 rings (SSSR count). The normalized spacial score (nSPS) is 10.8. The Bertz CT molecular complexity index is 948. The van der Waals surface area contributed by atoms with Crippen LogP contribution < -0.4 is 4.74 Å². The third-order valence-corrected chi connectivity index (χ3v) is 3.60. The number of nitrogens with one attached hydrogen (secondary N) is 1. The molecule has 0 aliphatic rings. The highest BCUT2D eigenvalue weighted by atomic mass is 16.6. The molecule has 2 aromatic carbocycles. The smallest absolute Gasteiger partial charge is 0.321 e. The number of aliphatic hydroxyl groups is 1. The van der Waals surface area contributed by atoms with Gasteiger partial charge in [0.05, 0.1) is 28.6 Å². The van der Waals surface area contributed by atoms with E-state index in [4.69, 9.17) is 9.84 Å². The number of nitro benzene ring substituents is 1. The van der Waals surface area contributed by atoms with E-state index >= 15 is 0 Å². The summed E-state index contributed by atoms with van der Waals surface area (Å²) in [5, 5.41) is 20.3. The predicted octanol–water partition coefficient (Wildman–Crippen LogP) is 2.32. The van der Waals surface area contributed by atoms with E-state index in [0.29, 0.717) is 22.4 Å². The van der Waals surface area contributed by atoms with Crippen LogP contribution in [0.25, 0.3) is 22.4 Å². The fourth-order valence-electron chi connectivity index (χ4n) is 2.47. The maximum Gasteiger partial charge on any atom is 0.321 e. The van der Waals surface area contributed by atoms with E-state index < -0.39 is 17.3 Å². The Hall–Kier alpha value is -3.26. The molecule has 1 aromatic heterocycles. The highest BCUT2D eigenvalue weighted by Crippen LogP contribution is 2.36. The summed E-state index contributed by atoms with van der Waals surface area (Å²) in [6.07, 6.45) is 0. The minimum atomic E-state index is -0.589. The fraction of sp³-hybridized carbons (Fsp3) is 0.125. The van der Waals surface area contributed by atoms with E-state index in [2.05, 4.69) is 9.97 Å². The van der Waals surface area contributed by atoms with Crippen molar-refractivity contribution >= 4 is 22.5 Å². The van der Waals surface area contributed by atoms with Crippen molar-refractivity contribution < 1.29 is 19.6 Å². The summed E-state index contributed by atoms with van der Waals surface area (Å²) in [4.78, 5) is 29.7. The lowest BCUT2D eigenvalue weighted by molar-refractivity contribution is -0.385. The minimum absolute atomic E-state index is 0.133. The SMILES string of the molecule is COc1cccc(-c2nc3ccc(C(=O)CO)cc3[nH]2)c1[N+](=O)[O-]. The standard InChI is InChI=1S/C16H13N3O5/c1-24-14-4-2-3-10(15(14)19(22)23)16-17-11-6-5-9(13(21)8-20)7-12(11)18-16/h2-7,20H,8H2,1H3,(H,17,18). The van der Waals surface area contributed by atoms with Crippen molar-refractivity contribution in [2.24, 2.45) is 0 Å². The highest BCUT2D eigenvalue weighted by Gasteiger charge is 2.23. The zero-order chi connectivity index (χ0) is 17.3. The number of Topliss-reactive ketones (excluding diaryl/α,β-unsaturated/α-hetero) is 1. The lowest BCUT2D eigenvalue weighted by atomic mass is 10.1. The highest BCUT2D eigenvalue weighted by molar-refractivity contribution is 6.00. The van der Waals surface area contributed by atoms with Gasteiger partial charge in [-0.1, -0.05) is 6.07 Å². The van der Waals surface area contributed by atoms with E-state index in [1.54, 1.807) is 30.3 Å². The Morgan fingerprint density at radius 3 is 2.83 bits per heavy atom. The molecule has 2 N–H and O–H groups in total. The van der Waals surface area contributed by atoms with Crippen molar-refractivity contribution in [3.05, 3.63) is 52.1 Å². The van der Waals surface area contributed by atoms with Crippen molar-refractivity contribution in [3.63, 3.8) is 0 Å². The van der Waals surface area contributed by atoms with Gasteiger partial charge in [0.15, 0.2) is 11.5 Å². The number of para-hydroxylation sites is 1. The van der Waals surface area contributed by atoms with Gasteiger partial charge in [-0.2, -0.15) is 0 Å². The summed E-state index contributed by atoms with van der Waals surface area (Å²) in [6, 6.07) is 9.42. The van der Waals surface area contributed by atoms with Crippen LogP contribution in [0.4, 0.5) is 5.69 Å². The third-order valence-electron chi connectivity index (χ3n) is 3.60. The number of methoxy groups -OCH3 is 1. The Morgan fingerprint density at radius 1 is 1.38 bits per heavy atom. The first kappa shape index (κ1) is 15.6. The van der Waals surface area contributed by atoms with Gasteiger partial charge in [-0.3, -0.25) is 14.9 Å². The van der Waals surface area contributed by atoms with Crippen LogP contribution in [0.1, 0.15) is 10.4 Å². The van der Waals surface area contributed by atoms with Gasteiger partial charge in [0.25, 0.3) is 0 Å². The second kappa shape index (κ2) is 6.09. The summed E-state index contributed by atoms with van der Waals surface area (Å²) in [6.45, 7) is -0.589. The summed E-state index contributed by atoms with van der Waals surface area (Å²) in [7, 11) is 1.36. The monoisotopic (exact) mass is 327 g/mol. The van der Waals surface area contributed by atoms with E-state index in [1.807, 2.05) is 0 Å². The van der Waals surface area contributed by atoms with E-state index in [1.165, 1.54) is 13.2 Å². The molecule has 0 fully saturated rings. The number of aromatic amines is 1. The molecule has 0 saturated carbocycles. The number of carbonyl (C=O) groups is 1. The number of benzene rings is 2. The number of imidazole rings is 1. The van der Waals surface area contributed by atoms with E-state index in [9.17, 15) is 14.9 Å². The van der Waals surface area contributed by atoms with Gasteiger partial charge >= 0.3 is 5.69 Å². The maximum absolute atomic E-state index is 11.6. The Kier molecular flexibility index (Phi) is 3.97. The van der Waals surface area contributed by atoms with Crippen LogP contribution in [-0.2, 0) is 0 Å². The van der Waals surface area contributed by atoms with Crippen molar-refractivity contribution in [1.29, 1.82) is 0 Å². The van der Waals surface area contributed by atoms with Gasteiger partial charge < -0.3 is 14.8 Å². The molecule has 0 unspecified atom stereocenters. The van der Waals surface area contributed by atoms with Crippen LogP contribution in [0.3, 0.4) is 0 Å². The third kappa shape index (κ3) is 2.59. The first-order valence-corrected chi connectivity index (χ1v) is 7.00. The Balaban J connectivity index is 2.17. The number of rotatable bonds is 5. The van der Waals surface area contributed by atoms with Gasteiger partial charge in [-0.15, -0.1) is 0 Å². The van der Waals surface area contributed by atoms with Crippen LogP contribution in [0.2, 0.25) is 0 Å². The molecule has 122 valence electrons. The first-order chi connectivity index (χ1) is 11.5. The number of nitro groups is 1. The van der Waals surface area contributed by atoms with E-state index in [-0.39, 0.29) is 17.0 Å². The lowest BCUT2D eigenvalue weighted by Gasteiger charge is -2.04. The molecule has 0 bridgehead atoms. The number of hydrogen-bond donors (Lipinski definition) is 2. The Morgan fingerprint density at radius 2 is 2.17 bits per heavy atom. The topological polar surface area (TPSA) is 118 Å². The summed E-state index contributed by atoms with van der Waals surface area (Å²) < 4.78 is 5.05. The minimum Gasteiger partial charge on any atom is -0.490 e. The van der Waals surface area contributed by atoms with Gasteiger partial charge in [0.1, 0.15) is 12.4 Å². The molecular formula is C16H13N3O5. The number of aromatic nitrogens is 2. The molecule has 1 heterocycles. The number of fused-ring (bicyclic) bond motifs is 1. The number of aliphatic hydroxyl groups excluding tert-OH is 1. The number of nitrogens with zero attached hydrogens (tertiary/aromatic N) is 2. The number of ether oxygens (including phenoxy) is 1. The van der Waals surface area contributed by atoms with Crippen LogP contribution in [0.5, 0.6) is 5.75 Å². The van der Waals surface area contributed by atoms with Crippen LogP contribution >= 0.6 is 0 Å². The number of ketones is 1. The quantitative estimate of drug-likeness (QED) is 0.422. The molecule has 0 atom stereocenters. The molecule has 0 aliphatic carbocycles. The summed E-state index contributed by atoms with van der Waals surface area (Å²) >= 11 is 0. The van der Waals surface area contributed by atoms with Gasteiger partial charge in [-0.05, 0) is 30.3 Å². The van der Waals surface area contributed by atoms with Crippen molar-refractivity contribution in [2.45, 2.75) is 0 Å². The van der Waals surface area contributed by atoms with Crippen LogP contribution in [0, 0.1) is 10.1 Å². The van der Waals surface area contributed by atoms with E-state index in [0.717, 1.165) is 0 Å². The maximum atomic E-state index is 11.6.